The van der Waals surface area contributed by atoms with Gasteiger partial charge in [-0.25, -0.2) is 0 Å². The third-order valence-electron chi connectivity index (χ3n) is 4.92. The summed E-state index contributed by atoms with van der Waals surface area (Å²) in [5.74, 6) is 0.141. The van der Waals surface area contributed by atoms with Crippen molar-refractivity contribution in [3.63, 3.8) is 0 Å². The van der Waals surface area contributed by atoms with Crippen LogP contribution in [0.5, 0.6) is 0 Å². The number of carbonyl (C=O) groups is 1. The predicted molar refractivity (Wildman–Crippen MR) is 98.3 cm³/mol. The highest BCUT2D eigenvalue weighted by Gasteiger charge is 2.30. The van der Waals surface area contributed by atoms with Crippen LogP contribution in [0, 0.1) is 0 Å². The lowest BCUT2D eigenvalue weighted by atomic mass is 10.1. The molecule has 3 saturated heterocycles. The van der Waals surface area contributed by atoms with E-state index in [1.165, 1.54) is 25.9 Å². The highest BCUT2D eigenvalue weighted by molar-refractivity contribution is 5.85. The number of carbonyl (C=O) groups excluding carboxylic acids is 1. The van der Waals surface area contributed by atoms with Crippen LogP contribution < -0.4 is 5.32 Å². The first kappa shape index (κ1) is 21.9. The van der Waals surface area contributed by atoms with Crippen molar-refractivity contribution >= 4 is 30.7 Å². The van der Waals surface area contributed by atoms with Crippen LogP contribution in [-0.2, 0) is 14.3 Å². The summed E-state index contributed by atoms with van der Waals surface area (Å²) < 4.78 is 11.5. The fourth-order valence-corrected chi connectivity index (χ4v) is 3.53. The van der Waals surface area contributed by atoms with Crippen molar-refractivity contribution in [2.45, 2.75) is 37.9 Å². The van der Waals surface area contributed by atoms with E-state index >= 15 is 0 Å². The van der Waals surface area contributed by atoms with Crippen LogP contribution in [0.2, 0.25) is 0 Å². The zero-order valence-corrected chi connectivity index (χ0v) is 15.9. The van der Waals surface area contributed by atoms with Crippen molar-refractivity contribution in [3.8, 4) is 0 Å². The number of halogens is 2. The molecule has 1 N–H and O–H groups in total. The van der Waals surface area contributed by atoms with Crippen LogP contribution in [0.25, 0.3) is 0 Å². The van der Waals surface area contributed by atoms with Crippen molar-refractivity contribution in [2.24, 2.45) is 0 Å². The van der Waals surface area contributed by atoms with Gasteiger partial charge in [-0.3, -0.25) is 4.79 Å². The number of nitrogens with zero attached hydrogens (tertiary/aromatic N) is 2. The Bertz CT molecular complexity index is 356. The van der Waals surface area contributed by atoms with Gasteiger partial charge in [-0.05, 0) is 38.8 Å². The number of rotatable bonds is 5. The summed E-state index contributed by atoms with van der Waals surface area (Å²) in [7, 11) is 0. The van der Waals surface area contributed by atoms with Gasteiger partial charge in [0.25, 0.3) is 5.91 Å². The van der Waals surface area contributed by atoms with Gasteiger partial charge in [-0.15, -0.1) is 24.8 Å². The second-order valence-electron chi connectivity index (χ2n) is 6.51. The highest BCUT2D eigenvalue weighted by atomic mass is 35.5. The Balaban J connectivity index is 0.00000144. The molecule has 0 bridgehead atoms. The van der Waals surface area contributed by atoms with Gasteiger partial charge in [0, 0.05) is 32.7 Å². The van der Waals surface area contributed by atoms with Crippen molar-refractivity contribution in [1.82, 2.24) is 15.1 Å². The van der Waals surface area contributed by atoms with E-state index in [9.17, 15) is 4.79 Å². The molecule has 1 unspecified atom stereocenters. The molecule has 8 heteroatoms. The molecule has 1 amide bonds. The normalized spacial score (nSPS) is 25.8. The molecule has 3 aliphatic heterocycles. The third kappa shape index (κ3) is 6.32. The second kappa shape index (κ2) is 11.5. The van der Waals surface area contributed by atoms with Crippen LogP contribution >= 0.6 is 24.8 Å². The largest absolute Gasteiger partial charge is 0.377 e. The van der Waals surface area contributed by atoms with E-state index in [4.69, 9.17) is 9.47 Å². The number of likely N-dealkylation sites (tertiary alicyclic amines) is 2. The zero-order chi connectivity index (χ0) is 15.2. The lowest BCUT2D eigenvalue weighted by Crippen LogP contribution is -2.51. The molecule has 1 atom stereocenters. The number of piperidine rings is 1. The van der Waals surface area contributed by atoms with Crippen LogP contribution in [0.15, 0.2) is 0 Å². The lowest BCUT2D eigenvalue weighted by Gasteiger charge is -2.35. The summed E-state index contributed by atoms with van der Waals surface area (Å²) in [6.45, 7) is 8.06. The molecule has 6 nitrogen and oxygen atoms in total. The molecule has 3 aliphatic rings. The molecule has 0 aliphatic carbocycles. The number of hydrogen-bond donors (Lipinski definition) is 1. The quantitative estimate of drug-likeness (QED) is 0.764. The van der Waals surface area contributed by atoms with Gasteiger partial charge in [0.15, 0.2) is 0 Å². The van der Waals surface area contributed by atoms with Gasteiger partial charge in [0.2, 0.25) is 0 Å². The van der Waals surface area contributed by atoms with Gasteiger partial charge in [-0.1, -0.05) is 0 Å². The van der Waals surface area contributed by atoms with Crippen LogP contribution in [0.4, 0.5) is 0 Å². The summed E-state index contributed by atoms with van der Waals surface area (Å²) in [5.41, 5.74) is 0. The maximum absolute atomic E-state index is 12.4. The molecule has 0 spiro atoms. The molecule has 0 aromatic rings. The maximum atomic E-state index is 12.4. The Morgan fingerprint density at radius 2 is 1.83 bits per heavy atom. The molecule has 3 rings (SSSR count). The highest BCUT2D eigenvalue weighted by Crippen LogP contribution is 2.16. The first-order chi connectivity index (χ1) is 10.8. The Kier molecular flexibility index (Phi) is 10.5. The van der Waals surface area contributed by atoms with Crippen LogP contribution in [-0.4, -0.2) is 86.9 Å². The number of hydrogen-bond acceptors (Lipinski definition) is 5. The molecule has 3 fully saturated rings. The minimum Gasteiger partial charge on any atom is -0.377 e. The minimum atomic E-state index is -0.290. The van der Waals surface area contributed by atoms with Crippen molar-refractivity contribution in [1.29, 1.82) is 0 Å². The molecule has 24 heavy (non-hydrogen) atoms. The monoisotopic (exact) mass is 383 g/mol. The SMILES string of the molecule is Cl.Cl.O=C(C1CNCCO1)N1CCC(OCCN2CCCC2)CC1. The molecule has 0 radical (unpaired) electrons. The van der Waals surface area contributed by atoms with Gasteiger partial charge < -0.3 is 24.6 Å². The molecule has 0 saturated carbocycles. The third-order valence-corrected chi connectivity index (χ3v) is 4.92. The summed E-state index contributed by atoms with van der Waals surface area (Å²) in [5, 5.41) is 3.22. The number of nitrogens with one attached hydrogen (secondary N) is 1. The van der Waals surface area contributed by atoms with Crippen LogP contribution in [0.3, 0.4) is 0 Å². The standard InChI is InChI=1S/C16H29N3O3.2ClH/c20-16(15-13-17-5-11-22-15)19-8-3-14(4-9-19)21-12-10-18-6-1-2-7-18;;/h14-15,17H,1-13H2;2*1H. The first-order valence-corrected chi connectivity index (χ1v) is 8.78. The Hall–Kier alpha value is -0.110. The maximum Gasteiger partial charge on any atom is 0.253 e. The van der Waals surface area contributed by atoms with Crippen molar-refractivity contribution in [2.75, 3.05) is 59.0 Å². The number of amides is 1. The summed E-state index contributed by atoms with van der Waals surface area (Å²) in [4.78, 5) is 16.8. The Labute approximate surface area is 157 Å². The van der Waals surface area contributed by atoms with Gasteiger partial charge >= 0.3 is 0 Å². The van der Waals surface area contributed by atoms with E-state index in [0.717, 1.165) is 45.6 Å². The fraction of sp³-hybridized carbons (Fsp3) is 0.938. The fourth-order valence-electron chi connectivity index (χ4n) is 3.53. The minimum absolute atomic E-state index is 0. The van der Waals surface area contributed by atoms with Crippen molar-refractivity contribution in [3.05, 3.63) is 0 Å². The molecular weight excluding hydrogens is 353 g/mol. The average Bonchev–Trinajstić information content (AvgIpc) is 3.09. The first-order valence-electron chi connectivity index (χ1n) is 8.78. The van der Waals surface area contributed by atoms with E-state index in [0.29, 0.717) is 19.3 Å². The van der Waals surface area contributed by atoms with Gasteiger partial charge in [-0.2, -0.15) is 0 Å². The summed E-state index contributed by atoms with van der Waals surface area (Å²) in [6.07, 6.45) is 4.59. The summed E-state index contributed by atoms with van der Waals surface area (Å²) in [6, 6.07) is 0. The molecule has 142 valence electrons. The topological polar surface area (TPSA) is 54.0 Å². The van der Waals surface area contributed by atoms with Crippen molar-refractivity contribution < 1.29 is 14.3 Å². The Morgan fingerprint density at radius 1 is 1.12 bits per heavy atom. The van der Waals surface area contributed by atoms with E-state index < -0.39 is 0 Å². The molecular formula is C16H31Cl2N3O3. The molecule has 0 aromatic heterocycles. The van der Waals surface area contributed by atoms with Gasteiger partial charge in [0.1, 0.15) is 6.10 Å². The lowest BCUT2D eigenvalue weighted by molar-refractivity contribution is -0.147. The van der Waals surface area contributed by atoms with E-state index in [2.05, 4.69) is 10.2 Å². The van der Waals surface area contributed by atoms with E-state index in [1.807, 2.05) is 4.90 Å². The zero-order valence-electron chi connectivity index (χ0n) is 14.3. The molecule has 0 aromatic carbocycles. The van der Waals surface area contributed by atoms with Gasteiger partial charge in [0.05, 0.1) is 19.3 Å². The summed E-state index contributed by atoms with van der Waals surface area (Å²) >= 11 is 0. The van der Waals surface area contributed by atoms with Crippen LogP contribution in [0.1, 0.15) is 25.7 Å². The number of ether oxygens (including phenoxy) is 2. The van der Waals surface area contributed by atoms with E-state index in [1.54, 1.807) is 0 Å². The smallest absolute Gasteiger partial charge is 0.253 e. The Morgan fingerprint density at radius 3 is 2.46 bits per heavy atom. The average molecular weight is 384 g/mol. The molecule has 3 heterocycles. The van der Waals surface area contributed by atoms with E-state index in [-0.39, 0.29) is 36.8 Å². The predicted octanol–water partition coefficient (Wildman–Crippen LogP) is 0.922. The number of morpholine rings is 1. The second-order valence-corrected chi connectivity index (χ2v) is 6.51.